The van der Waals surface area contributed by atoms with Crippen LogP contribution >= 0.6 is 11.3 Å². The van der Waals surface area contributed by atoms with Crippen molar-refractivity contribution in [1.82, 2.24) is 10.2 Å². The molecular formula is C15H21N3OS. The summed E-state index contributed by atoms with van der Waals surface area (Å²) >= 11 is 1.55. The van der Waals surface area contributed by atoms with Gasteiger partial charge in [0, 0.05) is 6.54 Å². The van der Waals surface area contributed by atoms with Gasteiger partial charge in [-0.05, 0) is 24.0 Å². The van der Waals surface area contributed by atoms with Gasteiger partial charge in [0.15, 0.2) is 5.01 Å². The number of para-hydroxylation sites is 1. The van der Waals surface area contributed by atoms with Gasteiger partial charge in [-0.25, -0.2) is 0 Å². The highest BCUT2D eigenvalue weighted by Crippen LogP contribution is 2.27. The molecule has 1 aromatic carbocycles. The molecule has 0 unspecified atom stereocenters. The fraction of sp³-hybridized carbons (Fsp3) is 0.467. The summed E-state index contributed by atoms with van der Waals surface area (Å²) in [7, 11) is 0. The minimum atomic E-state index is 0.447. The van der Waals surface area contributed by atoms with Crippen LogP contribution in [0.5, 0.6) is 5.75 Å². The average molecular weight is 291 g/mol. The Morgan fingerprint density at radius 2 is 2.05 bits per heavy atom. The van der Waals surface area contributed by atoms with Crippen LogP contribution < -0.4 is 10.1 Å². The summed E-state index contributed by atoms with van der Waals surface area (Å²) in [4.78, 5) is 0. The molecule has 2 rings (SSSR count). The number of hydrogen-bond acceptors (Lipinski definition) is 5. The molecule has 0 atom stereocenters. The molecule has 1 aromatic heterocycles. The summed E-state index contributed by atoms with van der Waals surface area (Å²) in [6.45, 7) is 7.85. The summed E-state index contributed by atoms with van der Waals surface area (Å²) in [5.74, 6) is 1.38. The summed E-state index contributed by atoms with van der Waals surface area (Å²) in [5, 5.41) is 13.2. The number of aromatic nitrogens is 2. The normalized spacial score (nSPS) is 10.8. The van der Waals surface area contributed by atoms with E-state index in [1.807, 2.05) is 18.2 Å². The Balaban J connectivity index is 1.96. The SMILES string of the molecule is CCCNc1nnc(COc2ccccc2C(C)C)s1. The molecule has 0 bridgehead atoms. The standard InChI is InChI=1S/C15H21N3OS/c1-4-9-16-15-18-17-14(20-15)10-19-13-8-6-5-7-12(13)11(2)3/h5-8,11H,4,9-10H2,1-3H3,(H,16,18). The maximum absolute atomic E-state index is 5.88. The highest BCUT2D eigenvalue weighted by Gasteiger charge is 2.09. The zero-order chi connectivity index (χ0) is 14.4. The van der Waals surface area contributed by atoms with E-state index in [2.05, 4.69) is 42.4 Å². The van der Waals surface area contributed by atoms with E-state index in [1.54, 1.807) is 11.3 Å². The van der Waals surface area contributed by atoms with Gasteiger partial charge in [-0.3, -0.25) is 0 Å². The number of hydrogen-bond donors (Lipinski definition) is 1. The molecular weight excluding hydrogens is 270 g/mol. The van der Waals surface area contributed by atoms with E-state index in [1.165, 1.54) is 5.56 Å². The van der Waals surface area contributed by atoms with Crippen molar-refractivity contribution in [2.24, 2.45) is 0 Å². The molecule has 0 saturated heterocycles. The molecule has 20 heavy (non-hydrogen) atoms. The lowest BCUT2D eigenvalue weighted by molar-refractivity contribution is 0.300. The van der Waals surface area contributed by atoms with Crippen LogP contribution in [0.3, 0.4) is 0 Å². The number of anilines is 1. The van der Waals surface area contributed by atoms with Crippen molar-refractivity contribution < 1.29 is 4.74 Å². The zero-order valence-electron chi connectivity index (χ0n) is 12.2. The van der Waals surface area contributed by atoms with Crippen LogP contribution in [0.25, 0.3) is 0 Å². The van der Waals surface area contributed by atoms with Crippen molar-refractivity contribution in [3.8, 4) is 5.75 Å². The molecule has 1 N–H and O–H groups in total. The molecule has 1 heterocycles. The van der Waals surface area contributed by atoms with Crippen LogP contribution in [0.2, 0.25) is 0 Å². The van der Waals surface area contributed by atoms with Gasteiger partial charge in [-0.2, -0.15) is 0 Å². The number of ether oxygens (including phenoxy) is 1. The predicted molar refractivity (Wildman–Crippen MR) is 83.6 cm³/mol. The van der Waals surface area contributed by atoms with E-state index in [0.29, 0.717) is 12.5 Å². The number of nitrogens with zero attached hydrogens (tertiary/aromatic N) is 2. The molecule has 4 nitrogen and oxygen atoms in total. The van der Waals surface area contributed by atoms with E-state index in [9.17, 15) is 0 Å². The summed E-state index contributed by atoms with van der Waals surface area (Å²) < 4.78 is 5.88. The third-order valence-corrected chi connectivity index (χ3v) is 3.74. The lowest BCUT2D eigenvalue weighted by atomic mass is 10.0. The van der Waals surface area contributed by atoms with Crippen LogP contribution in [0.1, 0.15) is 43.7 Å². The first-order valence-corrected chi connectivity index (χ1v) is 7.80. The Morgan fingerprint density at radius 3 is 2.80 bits per heavy atom. The average Bonchev–Trinajstić information content (AvgIpc) is 2.91. The number of nitrogens with one attached hydrogen (secondary N) is 1. The molecule has 0 radical (unpaired) electrons. The highest BCUT2D eigenvalue weighted by atomic mass is 32.1. The van der Waals surface area contributed by atoms with Crippen molar-refractivity contribution in [3.05, 3.63) is 34.8 Å². The number of rotatable bonds is 7. The first kappa shape index (κ1) is 14.8. The molecule has 5 heteroatoms. The van der Waals surface area contributed by atoms with E-state index in [4.69, 9.17) is 4.74 Å². The van der Waals surface area contributed by atoms with E-state index >= 15 is 0 Å². The smallest absolute Gasteiger partial charge is 0.205 e. The monoisotopic (exact) mass is 291 g/mol. The Kier molecular flexibility index (Phi) is 5.35. The van der Waals surface area contributed by atoms with Crippen molar-refractivity contribution in [1.29, 1.82) is 0 Å². The largest absolute Gasteiger partial charge is 0.486 e. The zero-order valence-corrected chi connectivity index (χ0v) is 13.0. The summed E-state index contributed by atoms with van der Waals surface area (Å²) in [5.41, 5.74) is 1.22. The van der Waals surface area contributed by atoms with E-state index in [-0.39, 0.29) is 0 Å². The quantitative estimate of drug-likeness (QED) is 0.835. The molecule has 0 aliphatic carbocycles. The molecule has 0 spiro atoms. The second kappa shape index (κ2) is 7.24. The summed E-state index contributed by atoms with van der Waals surface area (Å²) in [6, 6.07) is 8.15. The van der Waals surface area contributed by atoms with Crippen LogP contribution in [-0.4, -0.2) is 16.7 Å². The van der Waals surface area contributed by atoms with Gasteiger partial charge < -0.3 is 10.1 Å². The van der Waals surface area contributed by atoms with E-state index < -0.39 is 0 Å². The molecule has 0 amide bonds. The predicted octanol–water partition coefficient (Wildman–Crippen LogP) is 4.06. The van der Waals surface area contributed by atoms with Crippen molar-refractivity contribution in [2.45, 2.75) is 39.7 Å². The molecule has 108 valence electrons. The fourth-order valence-electron chi connectivity index (χ4n) is 1.84. The Morgan fingerprint density at radius 1 is 1.25 bits per heavy atom. The lowest BCUT2D eigenvalue weighted by Crippen LogP contribution is -1.99. The molecule has 0 fully saturated rings. The topological polar surface area (TPSA) is 47.0 Å². The van der Waals surface area contributed by atoms with Crippen molar-refractivity contribution >= 4 is 16.5 Å². The molecule has 0 aliphatic heterocycles. The van der Waals surface area contributed by atoms with Gasteiger partial charge in [-0.15, -0.1) is 10.2 Å². The first-order valence-electron chi connectivity index (χ1n) is 6.98. The van der Waals surface area contributed by atoms with Gasteiger partial charge >= 0.3 is 0 Å². The van der Waals surface area contributed by atoms with Gasteiger partial charge in [0.2, 0.25) is 5.13 Å². The lowest BCUT2D eigenvalue weighted by Gasteiger charge is -2.12. The van der Waals surface area contributed by atoms with Crippen molar-refractivity contribution in [2.75, 3.05) is 11.9 Å². The van der Waals surface area contributed by atoms with Gasteiger partial charge in [0.05, 0.1) is 0 Å². The highest BCUT2D eigenvalue weighted by molar-refractivity contribution is 7.15. The van der Waals surface area contributed by atoms with Gasteiger partial charge in [0.1, 0.15) is 12.4 Å². The van der Waals surface area contributed by atoms with Crippen molar-refractivity contribution in [3.63, 3.8) is 0 Å². The Labute approximate surface area is 124 Å². The third kappa shape index (κ3) is 3.93. The van der Waals surface area contributed by atoms with Crippen LogP contribution in [-0.2, 0) is 6.61 Å². The first-order chi connectivity index (χ1) is 9.70. The molecule has 2 aromatic rings. The van der Waals surface area contributed by atoms with Gasteiger partial charge in [-0.1, -0.05) is 50.3 Å². The summed E-state index contributed by atoms with van der Waals surface area (Å²) in [6.07, 6.45) is 1.08. The fourth-order valence-corrected chi connectivity index (χ4v) is 2.52. The van der Waals surface area contributed by atoms with Crippen LogP contribution in [0.15, 0.2) is 24.3 Å². The van der Waals surface area contributed by atoms with Crippen LogP contribution in [0, 0.1) is 0 Å². The second-order valence-corrected chi connectivity index (χ2v) is 5.97. The number of benzene rings is 1. The van der Waals surface area contributed by atoms with E-state index in [0.717, 1.165) is 28.9 Å². The maximum Gasteiger partial charge on any atom is 0.205 e. The maximum atomic E-state index is 5.88. The Bertz CT molecular complexity index is 539. The van der Waals surface area contributed by atoms with Gasteiger partial charge in [0.25, 0.3) is 0 Å². The van der Waals surface area contributed by atoms with Crippen LogP contribution in [0.4, 0.5) is 5.13 Å². The molecule has 0 aliphatic rings. The minimum absolute atomic E-state index is 0.447. The molecule has 0 saturated carbocycles. The minimum Gasteiger partial charge on any atom is -0.486 e. The Hall–Kier alpha value is -1.62. The third-order valence-electron chi connectivity index (χ3n) is 2.89. The second-order valence-electron chi connectivity index (χ2n) is 4.91.